The van der Waals surface area contributed by atoms with Crippen molar-refractivity contribution < 1.29 is 4.79 Å². The van der Waals surface area contributed by atoms with Gasteiger partial charge in [0.25, 0.3) is 0 Å². The molecule has 0 spiro atoms. The third-order valence-corrected chi connectivity index (χ3v) is 9.24. The first-order valence-corrected chi connectivity index (χ1v) is 14.3. The van der Waals surface area contributed by atoms with Crippen LogP contribution in [0.15, 0.2) is 36.7 Å². The van der Waals surface area contributed by atoms with Gasteiger partial charge in [-0.15, -0.1) is 0 Å². The van der Waals surface area contributed by atoms with Crippen molar-refractivity contribution in [3.8, 4) is 11.1 Å². The van der Waals surface area contributed by atoms with E-state index < -0.39 is 0 Å². The summed E-state index contributed by atoms with van der Waals surface area (Å²) >= 11 is 6.95. The lowest BCUT2D eigenvalue weighted by molar-refractivity contribution is -0.121. The molecule has 4 fully saturated rings. The molecule has 2 N–H and O–H groups in total. The zero-order chi connectivity index (χ0) is 24.9. The summed E-state index contributed by atoms with van der Waals surface area (Å²) < 4.78 is 0. The van der Waals surface area contributed by atoms with Crippen LogP contribution in [0.3, 0.4) is 0 Å². The van der Waals surface area contributed by atoms with Crippen molar-refractivity contribution in [2.24, 2.45) is 5.92 Å². The zero-order valence-electron chi connectivity index (χ0n) is 21.3. The van der Waals surface area contributed by atoms with Crippen LogP contribution in [-0.4, -0.2) is 84.1 Å². The van der Waals surface area contributed by atoms with E-state index in [0.717, 1.165) is 77.6 Å². The molecule has 0 radical (unpaired) electrons. The number of halogens is 1. The third-order valence-electron chi connectivity index (χ3n) is 8.85. The van der Waals surface area contributed by atoms with E-state index in [9.17, 15) is 4.79 Å². The second-order valence-corrected chi connectivity index (χ2v) is 11.7. The summed E-state index contributed by atoms with van der Waals surface area (Å²) in [4.78, 5) is 28.1. The highest BCUT2D eigenvalue weighted by Crippen LogP contribution is 2.46. The lowest BCUT2D eigenvalue weighted by Gasteiger charge is -2.46. The lowest BCUT2D eigenvalue weighted by atomic mass is 9.78. The predicted octanol–water partition coefficient (Wildman–Crippen LogP) is 4.09. The van der Waals surface area contributed by atoms with Crippen LogP contribution in [0.1, 0.15) is 37.2 Å². The van der Waals surface area contributed by atoms with Crippen LogP contribution in [-0.2, 0) is 4.79 Å². The van der Waals surface area contributed by atoms with Gasteiger partial charge in [0.1, 0.15) is 5.65 Å². The molecule has 37 heavy (non-hydrogen) atoms. The highest BCUT2D eigenvalue weighted by Gasteiger charge is 2.36. The van der Waals surface area contributed by atoms with Gasteiger partial charge in [-0.05, 0) is 60.8 Å². The molecular formula is C29H35ClN6O. The minimum Gasteiger partial charge on any atom is -0.346 e. The average molecular weight is 519 g/mol. The molecule has 8 heteroatoms. The van der Waals surface area contributed by atoms with Crippen LogP contribution in [0, 0.1) is 5.92 Å². The van der Waals surface area contributed by atoms with E-state index >= 15 is 0 Å². The molecule has 0 bridgehead atoms. The fourth-order valence-electron chi connectivity index (χ4n) is 6.55. The Bertz CT molecular complexity index is 1310. The van der Waals surface area contributed by atoms with Gasteiger partial charge >= 0.3 is 0 Å². The Kier molecular flexibility index (Phi) is 6.20. The van der Waals surface area contributed by atoms with E-state index in [-0.39, 0.29) is 5.91 Å². The molecule has 2 aliphatic carbocycles. The van der Waals surface area contributed by atoms with Gasteiger partial charge in [-0.25, -0.2) is 4.98 Å². The largest absolute Gasteiger partial charge is 0.346 e. The molecule has 7 nitrogen and oxygen atoms in total. The van der Waals surface area contributed by atoms with Crippen LogP contribution in [0.2, 0.25) is 5.02 Å². The summed E-state index contributed by atoms with van der Waals surface area (Å²) in [6.45, 7) is 7.78. The van der Waals surface area contributed by atoms with Crippen LogP contribution >= 0.6 is 11.6 Å². The van der Waals surface area contributed by atoms with E-state index in [1.807, 2.05) is 23.2 Å². The molecule has 194 valence electrons. The van der Waals surface area contributed by atoms with Gasteiger partial charge in [-0.3, -0.25) is 14.6 Å². The number of aromatic nitrogens is 2. The molecular weight excluding hydrogens is 484 g/mol. The maximum atomic E-state index is 13.2. The van der Waals surface area contributed by atoms with Crippen molar-refractivity contribution in [2.45, 2.75) is 37.6 Å². The Morgan fingerprint density at radius 2 is 1.92 bits per heavy atom. The number of pyridine rings is 1. The summed E-state index contributed by atoms with van der Waals surface area (Å²) in [7, 11) is 0. The number of H-pyrrole nitrogens is 1. The standard InChI is InChI=1S/C29H35ClN6O/c30-28-25(16-33-29-27(28)24(15-32-29)20-4-5-20)21-2-1-3-22(14-21)36-11-10-34(18-26(36)37)17-19-12-23(13-19)35-8-6-31-7-9-35/h1-3,14-16,19-20,23,31H,4-13,17-18H2,(H,32,33). The fourth-order valence-corrected chi connectivity index (χ4v) is 6.91. The van der Waals surface area contributed by atoms with Crippen LogP contribution < -0.4 is 10.2 Å². The lowest BCUT2D eigenvalue weighted by Crippen LogP contribution is -2.56. The minimum atomic E-state index is 0.183. The first-order valence-electron chi connectivity index (χ1n) is 13.9. The van der Waals surface area contributed by atoms with Gasteiger partial charge in [-0.1, -0.05) is 23.7 Å². The van der Waals surface area contributed by atoms with Gasteiger partial charge in [-0.2, -0.15) is 0 Å². The van der Waals surface area contributed by atoms with Crippen LogP contribution in [0.25, 0.3) is 22.2 Å². The van der Waals surface area contributed by atoms with Crippen molar-refractivity contribution in [1.29, 1.82) is 0 Å². The minimum absolute atomic E-state index is 0.183. The summed E-state index contributed by atoms with van der Waals surface area (Å²) in [5, 5.41) is 5.24. The topological polar surface area (TPSA) is 67.5 Å². The average Bonchev–Trinajstić information content (AvgIpc) is 3.65. The van der Waals surface area contributed by atoms with Gasteiger partial charge in [0, 0.05) is 80.9 Å². The number of carbonyl (C=O) groups excluding carboxylic acids is 1. The molecule has 1 aromatic carbocycles. The number of nitrogens with one attached hydrogen (secondary N) is 2. The van der Waals surface area contributed by atoms with E-state index in [2.05, 4.69) is 43.4 Å². The number of nitrogens with zero attached hydrogens (tertiary/aromatic N) is 4. The molecule has 0 unspecified atom stereocenters. The van der Waals surface area contributed by atoms with E-state index in [4.69, 9.17) is 11.6 Å². The second-order valence-electron chi connectivity index (χ2n) is 11.3. The molecule has 2 aliphatic heterocycles. The number of hydrogen-bond acceptors (Lipinski definition) is 5. The Morgan fingerprint density at radius 1 is 1.08 bits per heavy atom. The van der Waals surface area contributed by atoms with E-state index in [1.165, 1.54) is 44.3 Å². The van der Waals surface area contributed by atoms with Gasteiger partial charge in [0.05, 0.1) is 11.6 Å². The molecule has 4 aliphatic rings. The fraction of sp³-hybridized carbons (Fsp3) is 0.517. The maximum absolute atomic E-state index is 13.2. The van der Waals surface area contributed by atoms with E-state index in [1.54, 1.807) is 0 Å². The molecule has 0 atom stereocenters. The molecule has 7 rings (SSSR count). The maximum Gasteiger partial charge on any atom is 0.241 e. The first kappa shape index (κ1) is 23.7. The number of anilines is 1. The summed E-state index contributed by atoms with van der Waals surface area (Å²) in [5.41, 5.74) is 5.00. The van der Waals surface area contributed by atoms with Gasteiger partial charge in [0.2, 0.25) is 5.91 Å². The van der Waals surface area contributed by atoms with Crippen LogP contribution in [0.5, 0.6) is 0 Å². The third kappa shape index (κ3) is 4.56. The Morgan fingerprint density at radius 3 is 2.70 bits per heavy atom. The van der Waals surface area contributed by atoms with Crippen LogP contribution in [0.4, 0.5) is 5.69 Å². The number of fused-ring (bicyclic) bond motifs is 1. The number of carbonyl (C=O) groups is 1. The number of aromatic amines is 1. The summed E-state index contributed by atoms with van der Waals surface area (Å²) in [6.07, 6.45) is 8.90. The SMILES string of the molecule is O=C1CN(CC2CC(N3CCNCC3)C2)CCN1c1cccc(-c2cnc3[nH]cc(C4CC4)c3c2Cl)c1. The second kappa shape index (κ2) is 9.70. The molecule has 2 saturated heterocycles. The van der Waals surface area contributed by atoms with Crippen molar-refractivity contribution in [1.82, 2.24) is 25.1 Å². The Labute approximate surface area is 223 Å². The normalized spacial score (nSPS) is 25.5. The Balaban J connectivity index is 1.02. The highest BCUT2D eigenvalue weighted by molar-refractivity contribution is 6.38. The monoisotopic (exact) mass is 518 g/mol. The first-order chi connectivity index (χ1) is 18.1. The molecule has 2 aromatic heterocycles. The quantitative estimate of drug-likeness (QED) is 0.514. The predicted molar refractivity (Wildman–Crippen MR) is 148 cm³/mol. The Hall–Kier alpha value is -2.45. The number of hydrogen-bond donors (Lipinski definition) is 2. The summed E-state index contributed by atoms with van der Waals surface area (Å²) in [6, 6.07) is 8.96. The number of amides is 1. The molecule has 3 aromatic rings. The molecule has 1 amide bonds. The van der Waals surface area contributed by atoms with Crippen molar-refractivity contribution >= 4 is 34.2 Å². The molecule has 2 saturated carbocycles. The number of benzene rings is 1. The zero-order valence-corrected chi connectivity index (χ0v) is 22.0. The van der Waals surface area contributed by atoms with E-state index in [0.29, 0.717) is 12.5 Å². The number of piperazine rings is 2. The molecule has 4 heterocycles. The smallest absolute Gasteiger partial charge is 0.241 e. The summed E-state index contributed by atoms with van der Waals surface area (Å²) in [5.74, 6) is 1.50. The van der Waals surface area contributed by atoms with Crippen molar-refractivity contribution in [3.63, 3.8) is 0 Å². The van der Waals surface area contributed by atoms with Crippen molar-refractivity contribution in [3.05, 3.63) is 47.2 Å². The highest BCUT2D eigenvalue weighted by atomic mass is 35.5. The van der Waals surface area contributed by atoms with Gasteiger partial charge < -0.3 is 15.2 Å². The number of rotatable bonds is 6. The van der Waals surface area contributed by atoms with Crippen molar-refractivity contribution in [2.75, 3.05) is 57.3 Å². The van der Waals surface area contributed by atoms with Gasteiger partial charge in [0.15, 0.2) is 0 Å².